The van der Waals surface area contributed by atoms with Crippen LogP contribution in [0.2, 0.25) is 36.3 Å². The van der Waals surface area contributed by atoms with Crippen LogP contribution in [0.25, 0.3) is 0 Å². The number of nitrogens with zero attached hydrogens (tertiary/aromatic N) is 1. The van der Waals surface area contributed by atoms with Crippen LogP contribution in [0.1, 0.15) is 66.9 Å². The fraction of sp³-hybridized carbons (Fsp3) is 0.625. The van der Waals surface area contributed by atoms with Crippen LogP contribution in [-0.4, -0.2) is 39.4 Å². The summed E-state index contributed by atoms with van der Waals surface area (Å²) in [6, 6.07) is 9.94. The quantitative estimate of drug-likeness (QED) is 0.157. The molecule has 1 aromatic carbocycles. The number of aromatic amines is 1. The van der Waals surface area contributed by atoms with Crippen molar-refractivity contribution in [2.75, 3.05) is 13.2 Å². The Morgan fingerprint density at radius 1 is 0.927 bits per heavy atom. The van der Waals surface area contributed by atoms with E-state index in [2.05, 4.69) is 78.8 Å². The van der Waals surface area contributed by atoms with E-state index in [1.165, 1.54) is 17.3 Å². The van der Waals surface area contributed by atoms with Gasteiger partial charge < -0.3 is 8.85 Å². The van der Waals surface area contributed by atoms with Crippen LogP contribution in [0.4, 0.5) is 0 Å². The molecule has 0 aliphatic heterocycles. The molecule has 1 aromatic heterocycles. The van der Waals surface area contributed by atoms with Crippen molar-refractivity contribution in [2.45, 2.75) is 120 Å². The Balaban J connectivity index is 1.93. The second-order valence-corrected chi connectivity index (χ2v) is 25.4. The van der Waals surface area contributed by atoms with Crippen LogP contribution >= 0.6 is 11.8 Å². The van der Waals surface area contributed by atoms with E-state index < -0.39 is 16.6 Å². The van der Waals surface area contributed by atoms with Crippen LogP contribution in [0, 0.1) is 5.41 Å². The van der Waals surface area contributed by atoms with Crippen molar-refractivity contribution in [3.05, 3.63) is 68.4 Å². The van der Waals surface area contributed by atoms with E-state index in [4.69, 9.17) is 8.85 Å². The Bertz CT molecular complexity index is 1320. The molecule has 1 aliphatic rings. The number of aromatic nitrogens is 2. The average molecular weight is 617 g/mol. The minimum absolute atomic E-state index is 0.118. The summed E-state index contributed by atoms with van der Waals surface area (Å²) in [5, 5.41) is 0.959. The lowest BCUT2D eigenvalue weighted by molar-refractivity contribution is 0.0732. The maximum atomic E-state index is 13.2. The Labute approximate surface area is 253 Å². The van der Waals surface area contributed by atoms with Gasteiger partial charge in [-0.25, -0.2) is 4.79 Å². The molecule has 41 heavy (non-hydrogen) atoms. The fourth-order valence-electron chi connectivity index (χ4n) is 4.44. The lowest BCUT2D eigenvalue weighted by Crippen LogP contribution is -2.47. The van der Waals surface area contributed by atoms with E-state index in [1.807, 2.05) is 37.3 Å². The summed E-state index contributed by atoms with van der Waals surface area (Å²) < 4.78 is 15.4. The van der Waals surface area contributed by atoms with Crippen molar-refractivity contribution < 1.29 is 8.85 Å². The van der Waals surface area contributed by atoms with E-state index in [0.717, 1.165) is 22.8 Å². The molecule has 0 amide bonds. The zero-order valence-electron chi connectivity index (χ0n) is 27.2. The molecular formula is C32H52N2O4SSi2. The van der Waals surface area contributed by atoms with Crippen LogP contribution in [0.15, 0.2) is 61.5 Å². The predicted molar refractivity (Wildman–Crippen MR) is 177 cm³/mol. The third kappa shape index (κ3) is 8.05. The first-order valence-corrected chi connectivity index (χ1v) is 21.5. The molecule has 0 atom stereocenters. The van der Waals surface area contributed by atoms with E-state index >= 15 is 0 Å². The average Bonchev–Trinajstić information content (AvgIpc) is 3.27. The van der Waals surface area contributed by atoms with Gasteiger partial charge >= 0.3 is 5.69 Å². The van der Waals surface area contributed by atoms with Gasteiger partial charge in [0.1, 0.15) is 0 Å². The molecular weight excluding hydrogens is 565 g/mol. The van der Waals surface area contributed by atoms with Crippen LogP contribution in [0.5, 0.6) is 0 Å². The van der Waals surface area contributed by atoms with E-state index in [0.29, 0.717) is 31.7 Å². The highest BCUT2D eigenvalue weighted by atomic mass is 32.2. The molecule has 9 heteroatoms. The molecule has 2 aromatic rings. The van der Waals surface area contributed by atoms with Gasteiger partial charge in [0.15, 0.2) is 16.6 Å². The number of H-pyrrole nitrogens is 1. The molecule has 0 radical (unpaired) electrons. The highest BCUT2D eigenvalue weighted by molar-refractivity contribution is 7.99. The van der Waals surface area contributed by atoms with Gasteiger partial charge in [0.25, 0.3) is 5.56 Å². The molecule has 0 unspecified atom stereocenters. The first-order chi connectivity index (χ1) is 18.8. The molecule has 6 nitrogen and oxygen atoms in total. The maximum Gasteiger partial charge on any atom is 0.329 e. The summed E-state index contributed by atoms with van der Waals surface area (Å²) in [6.07, 6.45) is 4.49. The number of allylic oxidation sites excluding steroid dienone is 2. The fourth-order valence-corrected chi connectivity index (χ4v) is 7.77. The summed E-state index contributed by atoms with van der Waals surface area (Å²) in [7, 11) is -3.95. The van der Waals surface area contributed by atoms with Gasteiger partial charge in [-0.3, -0.25) is 14.3 Å². The highest BCUT2D eigenvalue weighted by Gasteiger charge is 2.45. The molecule has 1 aliphatic carbocycles. The first-order valence-electron chi connectivity index (χ1n) is 14.9. The summed E-state index contributed by atoms with van der Waals surface area (Å²) in [4.78, 5) is 29.6. The van der Waals surface area contributed by atoms with Crippen molar-refractivity contribution in [2.24, 2.45) is 5.41 Å². The Morgan fingerprint density at radius 3 is 1.95 bits per heavy atom. The third-order valence-electron chi connectivity index (χ3n) is 9.43. The molecule has 228 valence electrons. The normalized spacial score (nSPS) is 16.2. The van der Waals surface area contributed by atoms with Crippen LogP contribution in [0.3, 0.4) is 0 Å². The highest BCUT2D eigenvalue weighted by Crippen LogP contribution is 2.45. The number of benzene rings is 1. The SMILES string of the molecule is CCc1c(Sc2ccccc2)n(CC2=CCC(CO[Si](C)(C)C(C)(C)C)(CO[Si](C)(C)C(C)(C)C)C2)c(=O)[nH]c1=O. The molecule has 1 heterocycles. The molecule has 0 fully saturated rings. The predicted octanol–water partition coefficient (Wildman–Crippen LogP) is 8.00. The van der Waals surface area contributed by atoms with Gasteiger partial charge in [0.05, 0.1) is 5.03 Å². The van der Waals surface area contributed by atoms with E-state index in [-0.39, 0.29) is 26.7 Å². The standard InChI is InChI=1S/C32H52N2O4SSi2/c1-12-26-27(35)33-29(36)34(28(26)39-25-16-14-13-15-17-25)21-24-18-19-32(20-24,22-37-40(8,9)30(2,3)4)23-38-41(10,11)31(5,6)7/h13-18H,12,19-23H2,1-11H3,(H,33,35,36). The maximum absolute atomic E-state index is 13.2. The van der Waals surface area contributed by atoms with Crippen molar-refractivity contribution >= 4 is 28.4 Å². The lowest BCUT2D eigenvalue weighted by atomic mass is 9.86. The summed E-state index contributed by atoms with van der Waals surface area (Å²) in [6.45, 7) is 26.6. The number of nitrogens with one attached hydrogen (secondary N) is 1. The van der Waals surface area contributed by atoms with Crippen molar-refractivity contribution in [1.82, 2.24) is 9.55 Å². The van der Waals surface area contributed by atoms with Gasteiger partial charge in [0, 0.05) is 35.6 Å². The molecule has 3 rings (SSSR count). The molecule has 0 bridgehead atoms. The third-order valence-corrected chi connectivity index (χ3v) is 19.6. The van der Waals surface area contributed by atoms with Gasteiger partial charge in [-0.1, -0.05) is 90.1 Å². The summed E-state index contributed by atoms with van der Waals surface area (Å²) in [5.74, 6) is 0. The van der Waals surface area contributed by atoms with Crippen molar-refractivity contribution in [1.29, 1.82) is 0 Å². The molecule has 0 saturated carbocycles. The largest absolute Gasteiger partial charge is 0.416 e. The minimum Gasteiger partial charge on any atom is -0.416 e. The summed E-state index contributed by atoms with van der Waals surface area (Å²) in [5.41, 5.74) is 0.998. The van der Waals surface area contributed by atoms with Crippen molar-refractivity contribution in [3.8, 4) is 0 Å². The zero-order chi connectivity index (χ0) is 30.9. The number of hydrogen-bond acceptors (Lipinski definition) is 5. The number of hydrogen-bond donors (Lipinski definition) is 1. The Morgan fingerprint density at radius 2 is 1.46 bits per heavy atom. The first kappa shape index (κ1) is 33.8. The van der Waals surface area contributed by atoms with Gasteiger partial charge in [-0.15, -0.1) is 0 Å². The van der Waals surface area contributed by atoms with Crippen LogP contribution < -0.4 is 11.2 Å². The van der Waals surface area contributed by atoms with Gasteiger partial charge in [-0.05, 0) is 67.7 Å². The minimum atomic E-state index is -1.97. The monoisotopic (exact) mass is 616 g/mol. The van der Waals surface area contributed by atoms with Gasteiger partial charge in [-0.2, -0.15) is 0 Å². The smallest absolute Gasteiger partial charge is 0.329 e. The Kier molecular flexibility index (Phi) is 10.3. The van der Waals surface area contributed by atoms with Crippen LogP contribution in [-0.2, 0) is 21.8 Å². The van der Waals surface area contributed by atoms with Gasteiger partial charge in [0.2, 0.25) is 0 Å². The summed E-state index contributed by atoms with van der Waals surface area (Å²) >= 11 is 1.49. The molecule has 0 saturated heterocycles. The molecule has 1 N–H and O–H groups in total. The second-order valence-electron chi connectivity index (χ2n) is 14.7. The lowest BCUT2D eigenvalue weighted by Gasteiger charge is -2.43. The van der Waals surface area contributed by atoms with Crippen molar-refractivity contribution in [3.63, 3.8) is 0 Å². The topological polar surface area (TPSA) is 73.3 Å². The second kappa shape index (κ2) is 12.5. The molecule has 0 spiro atoms. The van der Waals surface area contributed by atoms with E-state index in [1.54, 1.807) is 4.57 Å². The number of rotatable bonds is 11. The Hall–Kier alpha value is -1.66. The zero-order valence-corrected chi connectivity index (χ0v) is 30.0. The van der Waals surface area contributed by atoms with E-state index in [9.17, 15) is 9.59 Å².